The van der Waals surface area contributed by atoms with E-state index < -0.39 is 12.7 Å². The average molecular weight is 210 g/mol. The number of rotatable bonds is 6. The van der Waals surface area contributed by atoms with Gasteiger partial charge in [-0.3, -0.25) is 4.90 Å². The number of hydrogen-bond acceptors (Lipinski definition) is 2. The van der Waals surface area contributed by atoms with Crippen LogP contribution in [0.3, 0.4) is 0 Å². The first-order valence-corrected chi connectivity index (χ1v) is 5.04. The van der Waals surface area contributed by atoms with E-state index in [2.05, 4.69) is 0 Å². The largest absolute Gasteiger partial charge is 0.401 e. The van der Waals surface area contributed by atoms with Crippen LogP contribution >= 0.6 is 0 Å². The van der Waals surface area contributed by atoms with E-state index in [4.69, 9.17) is 5.73 Å². The summed E-state index contributed by atoms with van der Waals surface area (Å²) in [4.78, 5) is 1.54. The van der Waals surface area contributed by atoms with E-state index in [1.165, 1.54) is 4.90 Å². The van der Waals surface area contributed by atoms with E-state index in [1.54, 1.807) is 0 Å². The first-order valence-electron chi connectivity index (χ1n) is 5.04. The van der Waals surface area contributed by atoms with Crippen molar-refractivity contribution in [1.29, 1.82) is 0 Å². The standard InChI is InChI=1S/C9H17F3N2/c10-9(11,12)7-14(8-3-4-8)6-2-1-5-13/h8H,1-7,13H2. The Hall–Kier alpha value is -0.290. The van der Waals surface area contributed by atoms with Crippen molar-refractivity contribution in [1.82, 2.24) is 4.90 Å². The number of alkyl halides is 3. The summed E-state index contributed by atoms with van der Waals surface area (Å²) in [5.41, 5.74) is 5.29. The van der Waals surface area contributed by atoms with E-state index in [9.17, 15) is 13.2 Å². The van der Waals surface area contributed by atoms with Gasteiger partial charge >= 0.3 is 6.18 Å². The van der Waals surface area contributed by atoms with Gasteiger partial charge in [-0.25, -0.2) is 0 Å². The van der Waals surface area contributed by atoms with Gasteiger partial charge in [-0.05, 0) is 38.8 Å². The van der Waals surface area contributed by atoms with Crippen LogP contribution in [0.4, 0.5) is 13.2 Å². The van der Waals surface area contributed by atoms with Gasteiger partial charge < -0.3 is 5.73 Å². The second kappa shape index (κ2) is 4.98. The Morgan fingerprint density at radius 2 is 1.86 bits per heavy atom. The Labute approximate surface area is 82.2 Å². The summed E-state index contributed by atoms with van der Waals surface area (Å²) >= 11 is 0. The van der Waals surface area contributed by atoms with Crippen molar-refractivity contribution < 1.29 is 13.2 Å². The van der Waals surface area contributed by atoms with E-state index in [0.717, 1.165) is 25.7 Å². The van der Waals surface area contributed by atoms with Crippen molar-refractivity contribution in [2.24, 2.45) is 5.73 Å². The molecule has 1 rings (SSSR count). The first-order chi connectivity index (χ1) is 6.53. The summed E-state index contributed by atoms with van der Waals surface area (Å²) in [6, 6.07) is 0.175. The fourth-order valence-electron chi connectivity index (χ4n) is 1.52. The fraction of sp³-hybridized carbons (Fsp3) is 1.00. The van der Waals surface area contributed by atoms with E-state index >= 15 is 0 Å². The molecule has 0 radical (unpaired) electrons. The lowest BCUT2D eigenvalue weighted by molar-refractivity contribution is -0.147. The van der Waals surface area contributed by atoms with Gasteiger partial charge in [0.05, 0.1) is 6.54 Å². The molecule has 0 aliphatic heterocycles. The van der Waals surface area contributed by atoms with Gasteiger partial charge in [0.25, 0.3) is 0 Å². The number of unbranched alkanes of at least 4 members (excludes halogenated alkanes) is 1. The molecule has 1 fully saturated rings. The molecule has 0 bridgehead atoms. The second-order valence-corrected chi connectivity index (χ2v) is 3.81. The average Bonchev–Trinajstić information content (AvgIpc) is 2.83. The molecule has 0 aromatic rings. The topological polar surface area (TPSA) is 29.3 Å². The van der Waals surface area contributed by atoms with Gasteiger partial charge in [-0.2, -0.15) is 13.2 Å². The highest BCUT2D eigenvalue weighted by Crippen LogP contribution is 2.30. The lowest BCUT2D eigenvalue weighted by Crippen LogP contribution is -2.36. The molecule has 0 atom stereocenters. The molecule has 14 heavy (non-hydrogen) atoms. The van der Waals surface area contributed by atoms with Gasteiger partial charge in [0.15, 0.2) is 0 Å². The van der Waals surface area contributed by atoms with E-state index in [0.29, 0.717) is 13.1 Å². The zero-order valence-electron chi connectivity index (χ0n) is 8.19. The van der Waals surface area contributed by atoms with Crippen LogP contribution in [0.5, 0.6) is 0 Å². The van der Waals surface area contributed by atoms with Crippen LogP contribution in [-0.2, 0) is 0 Å². The molecule has 2 nitrogen and oxygen atoms in total. The first kappa shape index (κ1) is 11.8. The molecule has 0 aromatic carbocycles. The van der Waals surface area contributed by atoms with Crippen molar-refractivity contribution >= 4 is 0 Å². The Morgan fingerprint density at radius 3 is 2.29 bits per heavy atom. The van der Waals surface area contributed by atoms with Gasteiger partial charge in [-0.15, -0.1) is 0 Å². The fourth-order valence-corrected chi connectivity index (χ4v) is 1.52. The van der Waals surface area contributed by atoms with Gasteiger partial charge in [-0.1, -0.05) is 0 Å². The third kappa shape index (κ3) is 4.81. The third-order valence-electron chi connectivity index (χ3n) is 2.35. The summed E-state index contributed by atoms with van der Waals surface area (Å²) in [6.07, 6.45) is -0.660. The third-order valence-corrected chi connectivity index (χ3v) is 2.35. The molecular weight excluding hydrogens is 193 g/mol. The Balaban J connectivity index is 2.24. The molecule has 1 saturated carbocycles. The maximum absolute atomic E-state index is 12.1. The molecule has 1 aliphatic rings. The molecule has 0 unspecified atom stereocenters. The van der Waals surface area contributed by atoms with Crippen LogP contribution in [0.25, 0.3) is 0 Å². The maximum atomic E-state index is 12.1. The number of hydrogen-bond donors (Lipinski definition) is 1. The highest BCUT2D eigenvalue weighted by atomic mass is 19.4. The molecule has 2 N–H and O–H groups in total. The summed E-state index contributed by atoms with van der Waals surface area (Å²) in [7, 11) is 0. The normalized spacial score (nSPS) is 17.8. The number of nitrogens with two attached hydrogens (primary N) is 1. The van der Waals surface area contributed by atoms with Crippen molar-refractivity contribution in [3.8, 4) is 0 Å². The van der Waals surface area contributed by atoms with Crippen molar-refractivity contribution in [3.05, 3.63) is 0 Å². The molecule has 0 aromatic heterocycles. The van der Waals surface area contributed by atoms with Crippen molar-refractivity contribution in [2.45, 2.75) is 37.9 Å². The second-order valence-electron chi connectivity index (χ2n) is 3.81. The SMILES string of the molecule is NCCCCN(CC(F)(F)F)C1CC1. The summed E-state index contributed by atoms with van der Waals surface area (Å²) in [6.45, 7) is 0.328. The molecule has 1 aliphatic carbocycles. The Kier molecular flexibility index (Phi) is 4.19. The van der Waals surface area contributed by atoms with Crippen LogP contribution in [0.2, 0.25) is 0 Å². The van der Waals surface area contributed by atoms with Crippen LogP contribution < -0.4 is 5.73 Å². The summed E-state index contributed by atoms with van der Waals surface area (Å²) < 4.78 is 36.4. The van der Waals surface area contributed by atoms with Crippen LogP contribution in [0, 0.1) is 0 Å². The van der Waals surface area contributed by atoms with Gasteiger partial charge in [0.1, 0.15) is 0 Å². The van der Waals surface area contributed by atoms with Gasteiger partial charge in [0, 0.05) is 6.04 Å². The molecular formula is C9H17F3N2. The summed E-state index contributed by atoms with van der Waals surface area (Å²) in [5, 5.41) is 0. The van der Waals surface area contributed by atoms with Crippen LogP contribution in [-0.4, -0.2) is 36.8 Å². The molecule has 0 spiro atoms. The monoisotopic (exact) mass is 210 g/mol. The Morgan fingerprint density at radius 1 is 1.21 bits per heavy atom. The summed E-state index contributed by atoms with van der Waals surface area (Å²) in [5.74, 6) is 0. The lowest BCUT2D eigenvalue weighted by Gasteiger charge is -2.23. The minimum absolute atomic E-state index is 0.175. The smallest absolute Gasteiger partial charge is 0.330 e. The quantitative estimate of drug-likeness (QED) is 0.677. The highest BCUT2D eigenvalue weighted by molar-refractivity contribution is 4.85. The maximum Gasteiger partial charge on any atom is 0.401 e. The lowest BCUT2D eigenvalue weighted by atomic mass is 10.3. The Bertz CT molecular complexity index is 166. The molecule has 0 saturated heterocycles. The van der Waals surface area contributed by atoms with Crippen molar-refractivity contribution in [3.63, 3.8) is 0 Å². The molecule has 84 valence electrons. The predicted octanol–water partition coefficient (Wildman–Crippen LogP) is 1.75. The number of halogens is 3. The van der Waals surface area contributed by atoms with E-state index in [-0.39, 0.29) is 6.04 Å². The minimum atomic E-state index is -4.06. The predicted molar refractivity (Wildman–Crippen MR) is 48.9 cm³/mol. The molecule has 0 heterocycles. The molecule has 0 amide bonds. The van der Waals surface area contributed by atoms with E-state index in [1.807, 2.05) is 0 Å². The zero-order valence-corrected chi connectivity index (χ0v) is 8.19. The zero-order chi connectivity index (χ0) is 10.6. The highest BCUT2D eigenvalue weighted by Gasteiger charge is 2.37. The minimum Gasteiger partial charge on any atom is -0.330 e. The molecule has 5 heteroatoms. The number of nitrogens with zero attached hydrogens (tertiary/aromatic N) is 1. The van der Waals surface area contributed by atoms with Crippen molar-refractivity contribution in [2.75, 3.05) is 19.6 Å². The van der Waals surface area contributed by atoms with Crippen LogP contribution in [0.15, 0.2) is 0 Å². The van der Waals surface area contributed by atoms with Gasteiger partial charge in [0.2, 0.25) is 0 Å². The van der Waals surface area contributed by atoms with Crippen LogP contribution in [0.1, 0.15) is 25.7 Å².